The Kier molecular flexibility index (Phi) is 2.15. The van der Waals surface area contributed by atoms with E-state index < -0.39 is 6.05 Å². The van der Waals surface area contributed by atoms with Crippen LogP contribution in [0, 0.1) is 0 Å². The van der Waals surface area contributed by atoms with Gasteiger partial charge in [0.1, 0.15) is 0 Å². The molecule has 44 valence electrons. The summed E-state index contributed by atoms with van der Waals surface area (Å²) in [5.74, 6) is 0. The average molecular weight is 109 g/mol. The van der Waals surface area contributed by atoms with Crippen molar-refractivity contribution in [2.24, 2.45) is 0 Å². The van der Waals surface area contributed by atoms with Crippen LogP contribution < -0.4 is 5.32 Å². The highest BCUT2D eigenvalue weighted by Crippen LogP contribution is 2.10. The van der Waals surface area contributed by atoms with Crippen LogP contribution in [0.3, 0.4) is 0 Å². The predicted octanol–water partition coefficient (Wildman–Crippen LogP) is 1.21. The highest BCUT2D eigenvalue weighted by Gasteiger charge is 2.21. The van der Waals surface area contributed by atoms with Crippen LogP contribution in [0.2, 0.25) is 0 Å². The first kappa shape index (κ1) is 6.82. The van der Waals surface area contributed by atoms with Crippen LogP contribution >= 0.6 is 0 Å². The number of halogens is 2. The van der Waals surface area contributed by atoms with E-state index in [1.807, 2.05) is 5.32 Å². The zero-order chi connectivity index (χ0) is 5.91. The summed E-state index contributed by atoms with van der Waals surface area (Å²) in [4.78, 5) is 0. The summed E-state index contributed by atoms with van der Waals surface area (Å²) in [6.45, 7) is 1.43. The largest absolute Gasteiger partial charge is 0.301 e. The fourth-order valence-electron chi connectivity index (χ4n) is 0.177. The van der Waals surface area contributed by atoms with Gasteiger partial charge in [0.2, 0.25) is 0 Å². The lowest BCUT2D eigenvalue weighted by Crippen LogP contribution is -2.31. The lowest BCUT2D eigenvalue weighted by atomic mass is 10.4. The van der Waals surface area contributed by atoms with Crippen molar-refractivity contribution in [2.75, 3.05) is 7.05 Å². The fraction of sp³-hybridized carbons (Fsp3) is 1.00. The minimum absolute atomic E-state index is 0.149. The fourth-order valence-corrected chi connectivity index (χ4v) is 0.177. The maximum atomic E-state index is 11.8. The summed E-state index contributed by atoms with van der Waals surface area (Å²) in [5.41, 5.74) is 0. The average Bonchev–Trinajstić information content (AvgIpc) is 1.68. The van der Waals surface area contributed by atoms with Crippen molar-refractivity contribution in [1.29, 1.82) is 0 Å². The van der Waals surface area contributed by atoms with Crippen molar-refractivity contribution in [2.45, 2.75) is 19.4 Å². The van der Waals surface area contributed by atoms with Crippen LogP contribution in [0.1, 0.15) is 13.3 Å². The SMILES string of the molecule is CCC(F)(F)NC. The Morgan fingerprint density at radius 2 is 2.00 bits per heavy atom. The smallest absolute Gasteiger partial charge is 0.261 e. The molecule has 0 radical (unpaired) electrons. The Morgan fingerprint density at radius 3 is 2.00 bits per heavy atom. The van der Waals surface area contributed by atoms with E-state index in [1.54, 1.807) is 0 Å². The molecule has 0 spiro atoms. The Bertz CT molecular complexity index is 47.7. The van der Waals surface area contributed by atoms with Gasteiger partial charge in [-0.2, -0.15) is 8.78 Å². The van der Waals surface area contributed by atoms with Gasteiger partial charge in [0.15, 0.2) is 0 Å². The van der Waals surface area contributed by atoms with Crippen LogP contribution in [0.25, 0.3) is 0 Å². The minimum atomic E-state index is -2.67. The van der Waals surface area contributed by atoms with Gasteiger partial charge in [-0.25, -0.2) is 0 Å². The van der Waals surface area contributed by atoms with E-state index in [1.165, 1.54) is 14.0 Å². The van der Waals surface area contributed by atoms with Crippen LogP contribution in [-0.2, 0) is 0 Å². The third-order valence-corrected chi connectivity index (χ3v) is 0.810. The summed E-state index contributed by atoms with van der Waals surface area (Å²) < 4.78 is 23.5. The molecule has 0 unspecified atom stereocenters. The Morgan fingerprint density at radius 1 is 1.57 bits per heavy atom. The Labute approximate surface area is 41.7 Å². The first-order chi connectivity index (χ1) is 3.12. The standard InChI is InChI=1S/C4H9F2N/c1-3-4(5,6)7-2/h7H,3H2,1-2H3. The second-order valence-electron chi connectivity index (χ2n) is 1.31. The third kappa shape index (κ3) is 2.51. The number of nitrogens with one attached hydrogen (secondary N) is 1. The molecule has 0 rings (SSSR count). The van der Waals surface area contributed by atoms with Crippen molar-refractivity contribution in [3.63, 3.8) is 0 Å². The summed E-state index contributed by atoms with van der Waals surface area (Å²) >= 11 is 0. The van der Waals surface area contributed by atoms with E-state index in [-0.39, 0.29) is 6.42 Å². The Balaban J connectivity index is 3.36. The molecule has 0 bridgehead atoms. The molecule has 7 heavy (non-hydrogen) atoms. The molecule has 0 aromatic heterocycles. The molecule has 0 aromatic rings. The summed E-state index contributed by atoms with van der Waals surface area (Å²) in [6.07, 6.45) is -0.149. The quantitative estimate of drug-likeness (QED) is 0.525. The molecule has 0 atom stereocenters. The molecule has 0 aliphatic heterocycles. The molecule has 0 heterocycles. The van der Waals surface area contributed by atoms with Crippen LogP contribution in [0.5, 0.6) is 0 Å². The van der Waals surface area contributed by atoms with Gasteiger partial charge >= 0.3 is 6.05 Å². The molecule has 0 aliphatic carbocycles. The van der Waals surface area contributed by atoms with E-state index in [4.69, 9.17) is 0 Å². The maximum absolute atomic E-state index is 11.8. The summed E-state index contributed by atoms with van der Waals surface area (Å²) in [5, 5.41) is 1.86. The van der Waals surface area contributed by atoms with E-state index >= 15 is 0 Å². The van der Waals surface area contributed by atoms with Gasteiger partial charge in [0.25, 0.3) is 0 Å². The minimum Gasteiger partial charge on any atom is -0.261 e. The molecule has 1 nitrogen and oxygen atoms in total. The Hall–Kier alpha value is -0.180. The molecule has 0 fully saturated rings. The van der Waals surface area contributed by atoms with E-state index in [9.17, 15) is 8.78 Å². The second-order valence-corrected chi connectivity index (χ2v) is 1.31. The lowest BCUT2D eigenvalue weighted by molar-refractivity contribution is -0.0306. The third-order valence-electron chi connectivity index (χ3n) is 0.810. The first-order valence-electron chi connectivity index (χ1n) is 2.19. The zero-order valence-corrected chi connectivity index (χ0v) is 4.46. The monoisotopic (exact) mass is 109 g/mol. The zero-order valence-electron chi connectivity index (χ0n) is 4.46. The normalized spacial score (nSPS) is 12.0. The van der Waals surface area contributed by atoms with E-state index in [0.29, 0.717) is 0 Å². The predicted molar refractivity (Wildman–Crippen MR) is 24.3 cm³/mol. The first-order valence-corrected chi connectivity index (χ1v) is 2.19. The molecule has 0 amide bonds. The van der Waals surface area contributed by atoms with Gasteiger partial charge < -0.3 is 0 Å². The van der Waals surface area contributed by atoms with Crippen molar-refractivity contribution in [1.82, 2.24) is 5.32 Å². The van der Waals surface area contributed by atoms with Crippen LogP contribution in [0.4, 0.5) is 8.78 Å². The highest BCUT2D eigenvalue weighted by molar-refractivity contribution is 4.53. The number of rotatable bonds is 2. The topological polar surface area (TPSA) is 12.0 Å². The van der Waals surface area contributed by atoms with Gasteiger partial charge in [-0.05, 0) is 7.05 Å². The molecule has 0 saturated heterocycles. The molecular formula is C4H9F2N. The van der Waals surface area contributed by atoms with Gasteiger partial charge in [-0.3, -0.25) is 5.32 Å². The van der Waals surface area contributed by atoms with Gasteiger partial charge in [-0.1, -0.05) is 6.92 Å². The maximum Gasteiger partial charge on any atom is 0.301 e. The van der Waals surface area contributed by atoms with Crippen molar-refractivity contribution in [3.05, 3.63) is 0 Å². The van der Waals surface area contributed by atoms with Crippen LogP contribution in [0.15, 0.2) is 0 Å². The molecular weight excluding hydrogens is 100 g/mol. The van der Waals surface area contributed by atoms with Crippen molar-refractivity contribution < 1.29 is 8.78 Å². The molecule has 1 N–H and O–H groups in total. The number of hydrogen-bond donors (Lipinski definition) is 1. The van der Waals surface area contributed by atoms with E-state index in [0.717, 1.165) is 0 Å². The molecule has 0 saturated carbocycles. The lowest BCUT2D eigenvalue weighted by Gasteiger charge is -2.10. The van der Waals surface area contributed by atoms with Gasteiger partial charge in [0, 0.05) is 6.42 Å². The van der Waals surface area contributed by atoms with Crippen LogP contribution in [-0.4, -0.2) is 13.1 Å². The summed E-state index contributed by atoms with van der Waals surface area (Å²) in [6, 6.07) is -2.67. The molecule has 0 aromatic carbocycles. The summed E-state index contributed by atoms with van der Waals surface area (Å²) in [7, 11) is 1.24. The molecule has 3 heteroatoms. The van der Waals surface area contributed by atoms with Crippen molar-refractivity contribution in [3.8, 4) is 0 Å². The second kappa shape index (κ2) is 2.21. The van der Waals surface area contributed by atoms with Gasteiger partial charge in [0.05, 0.1) is 0 Å². The number of alkyl halides is 2. The van der Waals surface area contributed by atoms with Crippen molar-refractivity contribution >= 4 is 0 Å². The molecule has 0 aliphatic rings. The van der Waals surface area contributed by atoms with E-state index in [2.05, 4.69) is 0 Å². The number of hydrogen-bond acceptors (Lipinski definition) is 1. The van der Waals surface area contributed by atoms with Gasteiger partial charge in [-0.15, -0.1) is 0 Å². The highest BCUT2D eigenvalue weighted by atomic mass is 19.3.